The van der Waals surface area contributed by atoms with E-state index in [1.807, 2.05) is 6.92 Å². The molecule has 1 aromatic heterocycles. The first-order valence-corrected chi connectivity index (χ1v) is 10.9. The van der Waals surface area contributed by atoms with Crippen LogP contribution in [0.5, 0.6) is 0 Å². The molecule has 0 unspecified atom stereocenters. The third-order valence-corrected chi connectivity index (χ3v) is 5.81. The van der Waals surface area contributed by atoms with Gasteiger partial charge >= 0.3 is 5.97 Å². The number of nitro groups is 1. The molecule has 2 aromatic rings. The number of non-ortho nitro benzene ring substituents is 1. The lowest BCUT2D eigenvalue weighted by molar-refractivity contribution is -0.384. The van der Waals surface area contributed by atoms with Gasteiger partial charge in [0, 0.05) is 28.2 Å². The van der Waals surface area contributed by atoms with E-state index >= 15 is 0 Å². The van der Waals surface area contributed by atoms with Gasteiger partial charge in [-0.15, -0.1) is 0 Å². The van der Waals surface area contributed by atoms with E-state index in [0.717, 1.165) is 11.3 Å². The molecular formula is C20H17BrN2O7S. The molecule has 11 heteroatoms. The van der Waals surface area contributed by atoms with Gasteiger partial charge in [-0.25, -0.2) is 0 Å². The van der Waals surface area contributed by atoms with Crippen LogP contribution in [0.15, 0.2) is 44.1 Å². The summed E-state index contributed by atoms with van der Waals surface area (Å²) in [6, 6.07) is 7.52. The summed E-state index contributed by atoms with van der Waals surface area (Å²) in [7, 11) is 0. The van der Waals surface area contributed by atoms with Crippen molar-refractivity contribution in [2.24, 2.45) is 0 Å². The summed E-state index contributed by atoms with van der Waals surface area (Å²) in [6.07, 6.45) is 2.98. The molecule has 3 rings (SSSR count). The molecule has 2 heterocycles. The Labute approximate surface area is 189 Å². The molecule has 0 atom stereocenters. The lowest BCUT2D eigenvalue weighted by Gasteiger charge is -2.11. The van der Waals surface area contributed by atoms with Gasteiger partial charge in [0.15, 0.2) is 0 Å². The second-order valence-electron chi connectivity index (χ2n) is 6.47. The highest BCUT2D eigenvalue weighted by Crippen LogP contribution is 2.35. The number of unbranched alkanes of at least 4 members (excludes halogenated alkanes) is 1. The first-order chi connectivity index (χ1) is 14.8. The molecule has 31 heavy (non-hydrogen) atoms. The van der Waals surface area contributed by atoms with Gasteiger partial charge in [-0.1, -0.05) is 13.3 Å². The first kappa shape index (κ1) is 22.8. The van der Waals surface area contributed by atoms with Crippen molar-refractivity contribution in [3.05, 3.63) is 55.6 Å². The number of nitro benzene ring substituents is 1. The Balaban J connectivity index is 1.73. The summed E-state index contributed by atoms with van der Waals surface area (Å²) < 4.78 is 11.2. The molecular weight excluding hydrogens is 492 g/mol. The van der Waals surface area contributed by atoms with E-state index in [1.165, 1.54) is 18.2 Å². The van der Waals surface area contributed by atoms with Crippen LogP contribution in [-0.2, 0) is 14.3 Å². The average Bonchev–Trinajstić information content (AvgIpc) is 3.28. The monoisotopic (exact) mass is 508 g/mol. The van der Waals surface area contributed by atoms with Crippen LogP contribution in [0.25, 0.3) is 17.4 Å². The number of hydrogen-bond acceptors (Lipinski definition) is 8. The largest absolute Gasteiger partial charge is 0.464 e. The topological polar surface area (TPSA) is 120 Å². The van der Waals surface area contributed by atoms with Crippen LogP contribution >= 0.6 is 27.7 Å². The average molecular weight is 509 g/mol. The van der Waals surface area contributed by atoms with Gasteiger partial charge in [-0.05, 0) is 52.3 Å². The van der Waals surface area contributed by atoms with Crippen LogP contribution in [0.4, 0.5) is 10.5 Å². The van der Waals surface area contributed by atoms with Gasteiger partial charge in [0.2, 0.25) is 0 Å². The van der Waals surface area contributed by atoms with Gasteiger partial charge in [-0.3, -0.25) is 29.4 Å². The summed E-state index contributed by atoms with van der Waals surface area (Å²) in [4.78, 5) is 47.8. The first-order valence-electron chi connectivity index (χ1n) is 9.25. The molecule has 0 N–H and O–H groups in total. The maximum atomic E-state index is 12.5. The van der Waals surface area contributed by atoms with Gasteiger partial charge in [-0.2, -0.15) is 0 Å². The fourth-order valence-corrected chi connectivity index (χ4v) is 4.04. The SMILES string of the molecule is CCCCOC(=O)CN1C(=O)S/C(=C/c2ccc(-c3ccc([N+](=O)[O-])cc3Br)o2)C1=O. The van der Waals surface area contributed by atoms with Crippen molar-refractivity contribution in [1.29, 1.82) is 0 Å². The second kappa shape index (κ2) is 9.92. The number of esters is 1. The van der Waals surface area contributed by atoms with Gasteiger partial charge in [0.05, 0.1) is 16.4 Å². The smallest absolute Gasteiger partial charge is 0.326 e. The predicted molar refractivity (Wildman–Crippen MR) is 117 cm³/mol. The summed E-state index contributed by atoms with van der Waals surface area (Å²) in [5.74, 6) is -0.500. The molecule has 0 radical (unpaired) electrons. The van der Waals surface area contributed by atoms with E-state index in [0.29, 0.717) is 39.7 Å². The fraction of sp³-hybridized carbons (Fsp3) is 0.250. The standard InChI is InChI=1S/C20H17BrN2O7S/c1-2-3-8-29-18(24)11-22-19(25)17(31-20(22)26)10-13-5-7-16(30-13)14-6-4-12(23(27)28)9-15(14)21/h4-7,9-10H,2-3,8,11H2,1H3/b17-10+. The minimum absolute atomic E-state index is 0.0655. The summed E-state index contributed by atoms with van der Waals surface area (Å²) in [5.41, 5.74) is 0.525. The molecule has 2 amide bonds. The summed E-state index contributed by atoms with van der Waals surface area (Å²) in [6.45, 7) is 1.76. The summed E-state index contributed by atoms with van der Waals surface area (Å²) >= 11 is 3.99. The molecule has 162 valence electrons. The van der Waals surface area contributed by atoms with Gasteiger partial charge < -0.3 is 9.15 Å². The van der Waals surface area contributed by atoms with Crippen molar-refractivity contribution in [3.63, 3.8) is 0 Å². The Morgan fingerprint density at radius 2 is 2.10 bits per heavy atom. The van der Waals surface area contributed by atoms with E-state index in [9.17, 15) is 24.5 Å². The lowest BCUT2D eigenvalue weighted by Crippen LogP contribution is -2.34. The Morgan fingerprint density at radius 1 is 1.32 bits per heavy atom. The zero-order chi connectivity index (χ0) is 22.5. The molecule has 0 bridgehead atoms. The predicted octanol–water partition coefficient (Wildman–Crippen LogP) is 5.00. The highest BCUT2D eigenvalue weighted by atomic mass is 79.9. The third kappa shape index (κ3) is 5.42. The molecule has 1 aliphatic heterocycles. The van der Waals surface area contributed by atoms with Crippen LogP contribution in [0.1, 0.15) is 25.5 Å². The Hall–Kier alpha value is -2.92. The molecule has 0 aliphatic carbocycles. The quantitative estimate of drug-likeness (QED) is 0.160. The maximum Gasteiger partial charge on any atom is 0.326 e. The number of hydrogen-bond donors (Lipinski definition) is 0. The number of amides is 2. The lowest BCUT2D eigenvalue weighted by atomic mass is 10.1. The molecule has 0 spiro atoms. The van der Waals surface area contributed by atoms with Crippen molar-refractivity contribution < 1.29 is 28.5 Å². The summed E-state index contributed by atoms with van der Waals surface area (Å²) in [5, 5.41) is 10.3. The minimum atomic E-state index is -0.639. The van der Waals surface area contributed by atoms with E-state index in [1.54, 1.807) is 18.2 Å². The number of carbonyl (C=O) groups is 3. The minimum Gasteiger partial charge on any atom is -0.464 e. The highest BCUT2D eigenvalue weighted by Gasteiger charge is 2.37. The van der Waals surface area contributed by atoms with Crippen LogP contribution in [-0.4, -0.2) is 40.1 Å². The van der Waals surface area contributed by atoms with E-state index in [2.05, 4.69) is 15.9 Å². The molecule has 0 saturated carbocycles. The van der Waals surface area contributed by atoms with Gasteiger partial charge in [0.1, 0.15) is 18.1 Å². The second-order valence-corrected chi connectivity index (χ2v) is 8.31. The molecule has 1 aliphatic rings. The molecule has 1 saturated heterocycles. The van der Waals surface area contributed by atoms with E-state index in [-0.39, 0.29) is 17.2 Å². The Morgan fingerprint density at radius 3 is 2.77 bits per heavy atom. The number of halogens is 1. The van der Waals surface area contributed by atoms with E-state index in [4.69, 9.17) is 9.15 Å². The number of ether oxygens (including phenoxy) is 1. The number of carbonyl (C=O) groups excluding carboxylic acids is 3. The number of furan rings is 1. The van der Waals surface area contributed by atoms with Gasteiger partial charge in [0.25, 0.3) is 16.8 Å². The third-order valence-electron chi connectivity index (χ3n) is 4.25. The number of nitrogens with zero attached hydrogens (tertiary/aromatic N) is 2. The Kier molecular flexibility index (Phi) is 7.29. The molecule has 1 aromatic carbocycles. The highest BCUT2D eigenvalue weighted by molar-refractivity contribution is 9.10. The number of imide groups is 1. The van der Waals surface area contributed by atoms with Crippen molar-refractivity contribution in [2.75, 3.05) is 13.2 Å². The number of benzene rings is 1. The molecule has 9 nitrogen and oxygen atoms in total. The normalized spacial score (nSPS) is 15.0. The number of thioether (sulfide) groups is 1. The van der Waals surface area contributed by atoms with E-state index < -0.39 is 28.6 Å². The van der Waals surface area contributed by atoms with Crippen LogP contribution in [0, 0.1) is 10.1 Å². The van der Waals surface area contributed by atoms with Crippen LogP contribution < -0.4 is 0 Å². The fourth-order valence-electron chi connectivity index (χ4n) is 2.66. The van der Waals surface area contributed by atoms with Crippen LogP contribution in [0.2, 0.25) is 0 Å². The van der Waals surface area contributed by atoms with Crippen molar-refractivity contribution in [2.45, 2.75) is 19.8 Å². The number of rotatable bonds is 8. The molecule has 1 fully saturated rings. The van der Waals surface area contributed by atoms with Crippen molar-refractivity contribution in [3.8, 4) is 11.3 Å². The van der Waals surface area contributed by atoms with Crippen molar-refractivity contribution >= 4 is 56.6 Å². The maximum absolute atomic E-state index is 12.5. The Bertz CT molecular complexity index is 1080. The zero-order valence-corrected chi connectivity index (χ0v) is 18.7. The van der Waals surface area contributed by atoms with Crippen molar-refractivity contribution in [1.82, 2.24) is 4.90 Å². The van der Waals surface area contributed by atoms with Crippen LogP contribution in [0.3, 0.4) is 0 Å². The zero-order valence-electron chi connectivity index (χ0n) is 16.3.